The molecule has 3 rings (SSSR count). The molecule has 1 amide bonds. The van der Waals surface area contributed by atoms with Crippen LogP contribution in [0.25, 0.3) is 0 Å². The summed E-state index contributed by atoms with van der Waals surface area (Å²) in [5.41, 5.74) is 4.87. The zero-order chi connectivity index (χ0) is 17.2. The quantitative estimate of drug-likeness (QED) is 0.840. The van der Waals surface area contributed by atoms with Gasteiger partial charge in [0.15, 0.2) is 17.3 Å². The summed E-state index contributed by atoms with van der Waals surface area (Å²) in [6, 6.07) is 0. The highest BCUT2D eigenvalue weighted by atomic mass is 19.1. The summed E-state index contributed by atoms with van der Waals surface area (Å²) in [7, 11) is 1.63. The molecule has 132 valence electrons. The third-order valence-corrected chi connectivity index (χ3v) is 5.26. The molecule has 1 fully saturated rings. The van der Waals surface area contributed by atoms with Crippen molar-refractivity contribution >= 4 is 11.9 Å². The molecule has 5 nitrogen and oxygen atoms in total. The summed E-state index contributed by atoms with van der Waals surface area (Å²) in [5.74, 6) is 0.468. The number of hydrogen-bond acceptors (Lipinski definition) is 4. The lowest BCUT2D eigenvalue weighted by molar-refractivity contribution is -0.132. The van der Waals surface area contributed by atoms with E-state index < -0.39 is 5.54 Å². The summed E-state index contributed by atoms with van der Waals surface area (Å²) in [5, 5.41) is 0. The van der Waals surface area contributed by atoms with Crippen molar-refractivity contribution in [3.8, 4) is 0 Å². The van der Waals surface area contributed by atoms with Crippen molar-refractivity contribution < 1.29 is 13.9 Å². The van der Waals surface area contributed by atoms with Crippen LogP contribution in [0.15, 0.2) is 28.7 Å². The van der Waals surface area contributed by atoms with Gasteiger partial charge in [-0.1, -0.05) is 38.2 Å². The molecule has 1 saturated carbocycles. The lowest BCUT2D eigenvalue weighted by atomic mass is 9.79. The molecule has 0 aromatic rings. The molecule has 2 N–H and O–H groups in total. The minimum Gasteiger partial charge on any atom is -0.488 e. The molecule has 0 aromatic carbocycles. The number of aliphatic imine (C=N–C) groups is 1. The van der Waals surface area contributed by atoms with E-state index in [1.165, 1.54) is 24.2 Å². The molecule has 1 atom stereocenters. The van der Waals surface area contributed by atoms with E-state index in [1.807, 2.05) is 6.08 Å². The highest BCUT2D eigenvalue weighted by Crippen LogP contribution is 2.36. The van der Waals surface area contributed by atoms with Gasteiger partial charge in [0.1, 0.15) is 12.4 Å². The van der Waals surface area contributed by atoms with E-state index in [0.717, 1.165) is 12.8 Å². The van der Waals surface area contributed by atoms with Gasteiger partial charge in [-0.05, 0) is 24.8 Å². The minimum atomic E-state index is -1.01. The van der Waals surface area contributed by atoms with E-state index in [1.54, 1.807) is 13.1 Å². The van der Waals surface area contributed by atoms with Gasteiger partial charge in [-0.25, -0.2) is 9.38 Å². The van der Waals surface area contributed by atoms with Gasteiger partial charge in [-0.15, -0.1) is 0 Å². The Bertz CT molecular complexity index is 593. The molecule has 0 aromatic heterocycles. The third-order valence-electron chi connectivity index (χ3n) is 5.26. The molecule has 0 spiro atoms. The number of guanidine groups is 1. The number of carbonyl (C=O) groups excluding carboxylic acids is 1. The molecule has 6 heteroatoms. The Morgan fingerprint density at radius 1 is 1.42 bits per heavy atom. The number of allylic oxidation sites excluding steroid dienone is 3. The van der Waals surface area contributed by atoms with Gasteiger partial charge in [0.05, 0.1) is 0 Å². The summed E-state index contributed by atoms with van der Waals surface area (Å²) < 4.78 is 19.6. The summed E-state index contributed by atoms with van der Waals surface area (Å²) in [6.07, 6.45) is 11.0. The largest absolute Gasteiger partial charge is 0.488 e. The van der Waals surface area contributed by atoms with Crippen LogP contribution in [0.3, 0.4) is 0 Å². The van der Waals surface area contributed by atoms with E-state index in [-0.39, 0.29) is 30.1 Å². The van der Waals surface area contributed by atoms with Gasteiger partial charge >= 0.3 is 0 Å². The molecule has 1 aliphatic heterocycles. The number of rotatable bonds is 5. The first-order chi connectivity index (χ1) is 11.5. The predicted molar refractivity (Wildman–Crippen MR) is 90.8 cm³/mol. The molecule has 2 aliphatic carbocycles. The second-order valence-corrected chi connectivity index (χ2v) is 7.07. The van der Waals surface area contributed by atoms with Gasteiger partial charge in [0.25, 0.3) is 5.91 Å². The first-order valence-corrected chi connectivity index (χ1v) is 8.83. The molecule has 1 heterocycles. The average molecular weight is 335 g/mol. The van der Waals surface area contributed by atoms with Crippen molar-refractivity contribution in [3.63, 3.8) is 0 Å². The van der Waals surface area contributed by atoms with Crippen molar-refractivity contribution in [1.29, 1.82) is 0 Å². The molecular formula is C18H26FN3O2. The SMILES string of the molecule is CN1C(=O)C(COC2=C(F)CCC=C2)(CC2CCCCC2)N=C1N. The number of amides is 1. The topological polar surface area (TPSA) is 67.9 Å². The Hall–Kier alpha value is -1.85. The lowest BCUT2D eigenvalue weighted by Crippen LogP contribution is -2.46. The Morgan fingerprint density at radius 3 is 2.79 bits per heavy atom. The Kier molecular flexibility index (Phi) is 4.92. The van der Waals surface area contributed by atoms with Gasteiger partial charge in [-0.3, -0.25) is 9.69 Å². The maximum atomic E-state index is 13.9. The van der Waals surface area contributed by atoms with E-state index in [9.17, 15) is 9.18 Å². The zero-order valence-electron chi connectivity index (χ0n) is 14.3. The van der Waals surface area contributed by atoms with Crippen molar-refractivity contribution in [2.75, 3.05) is 13.7 Å². The number of likely N-dealkylation sites (N-methyl/N-ethyl adjacent to an activating group) is 1. The molecule has 1 unspecified atom stereocenters. The molecule has 0 radical (unpaired) electrons. The van der Waals surface area contributed by atoms with E-state index in [4.69, 9.17) is 10.5 Å². The second-order valence-electron chi connectivity index (χ2n) is 7.07. The Morgan fingerprint density at radius 2 is 2.17 bits per heavy atom. The monoisotopic (exact) mass is 335 g/mol. The second kappa shape index (κ2) is 6.95. The van der Waals surface area contributed by atoms with Crippen molar-refractivity contribution in [1.82, 2.24) is 4.90 Å². The average Bonchev–Trinajstić information content (AvgIpc) is 2.79. The van der Waals surface area contributed by atoms with Crippen LogP contribution in [0.2, 0.25) is 0 Å². The summed E-state index contributed by atoms with van der Waals surface area (Å²) in [6.45, 7) is 0.0421. The first kappa shape index (κ1) is 17.0. The summed E-state index contributed by atoms with van der Waals surface area (Å²) >= 11 is 0. The van der Waals surface area contributed by atoms with E-state index >= 15 is 0 Å². The van der Waals surface area contributed by atoms with Crippen LogP contribution in [0.4, 0.5) is 4.39 Å². The number of carbonyl (C=O) groups is 1. The number of halogens is 1. The maximum Gasteiger partial charge on any atom is 0.260 e. The summed E-state index contributed by atoms with van der Waals surface area (Å²) in [4.78, 5) is 18.6. The first-order valence-electron chi connectivity index (χ1n) is 8.83. The van der Waals surface area contributed by atoms with Crippen LogP contribution < -0.4 is 5.73 Å². The van der Waals surface area contributed by atoms with Gasteiger partial charge in [0.2, 0.25) is 0 Å². The highest BCUT2D eigenvalue weighted by Gasteiger charge is 2.48. The smallest absolute Gasteiger partial charge is 0.260 e. The number of ether oxygens (including phenoxy) is 1. The predicted octanol–water partition coefficient (Wildman–Crippen LogP) is 3.03. The van der Waals surface area contributed by atoms with Crippen LogP contribution in [-0.4, -0.2) is 36.0 Å². The van der Waals surface area contributed by atoms with E-state index in [2.05, 4.69) is 4.99 Å². The Balaban J connectivity index is 1.77. The molecule has 0 bridgehead atoms. The van der Waals surface area contributed by atoms with Crippen molar-refractivity contribution in [2.24, 2.45) is 16.6 Å². The lowest BCUT2D eigenvalue weighted by Gasteiger charge is -2.31. The van der Waals surface area contributed by atoms with Gasteiger partial charge in [0, 0.05) is 13.5 Å². The third kappa shape index (κ3) is 3.32. The normalized spacial score (nSPS) is 28.5. The fourth-order valence-electron chi connectivity index (χ4n) is 3.85. The zero-order valence-corrected chi connectivity index (χ0v) is 14.3. The van der Waals surface area contributed by atoms with Gasteiger partial charge < -0.3 is 10.5 Å². The van der Waals surface area contributed by atoms with Gasteiger partial charge in [-0.2, -0.15) is 0 Å². The molecule has 0 saturated heterocycles. The number of nitrogens with zero attached hydrogens (tertiary/aromatic N) is 2. The van der Waals surface area contributed by atoms with Crippen LogP contribution in [-0.2, 0) is 9.53 Å². The number of hydrogen-bond donors (Lipinski definition) is 1. The highest BCUT2D eigenvalue weighted by molar-refractivity contribution is 6.06. The standard InChI is InChI=1S/C18H26FN3O2/c1-22-16(23)18(21-17(22)20,11-13-7-3-2-4-8-13)12-24-15-10-6-5-9-14(15)19/h6,10,13H,2-5,7-9,11-12H2,1H3,(H2,20,21). The van der Waals surface area contributed by atoms with Crippen LogP contribution in [0.1, 0.15) is 51.4 Å². The van der Waals surface area contributed by atoms with Crippen LogP contribution >= 0.6 is 0 Å². The van der Waals surface area contributed by atoms with Crippen molar-refractivity contribution in [2.45, 2.75) is 56.9 Å². The fourth-order valence-corrected chi connectivity index (χ4v) is 3.85. The Labute approximate surface area is 142 Å². The molecular weight excluding hydrogens is 309 g/mol. The maximum absolute atomic E-state index is 13.9. The van der Waals surface area contributed by atoms with Crippen molar-refractivity contribution in [3.05, 3.63) is 23.7 Å². The molecule has 3 aliphatic rings. The van der Waals surface area contributed by atoms with Crippen LogP contribution in [0.5, 0.6) is 0 Å². The molecule has 24 heavy (non-hydrogen) atoms. The minimum absolute atomic E-state index is 0.0421. The van der Waals surface area contributed by atoms with E-state index in [0.29, 0.717) is 25.2 Å². The fraction of sp³-hybridized carbons (Fsp3) is 0.667. The number of nitrogens with two attached hydrogens (primary N) is 1. The van der Waals surface area contributed by atoms with Crippen LogP contribution in [0, 0.1) is 5.92 Å².